The van der Waals surface area contributed by atoms with E-state index in [1.54, 1.807) is 14.2 Å². The van der Waals surface area contributed by atoms with Crippen molar-refractivity contribution < 1.29 is 18.3 Å². The van der Waals surface area contributed by atoms with Gasteiger partial charge in [0.05, 0.1) is 26.4 Å². The standard InChI is InChI=1S/C7H17O4Si/c1-8-4-6-10-12(3)11-7-5-9-2/h4-7H2,1-3H3. The van der Waals surface area contributed by atoms with E-state index in [4.69, 9.17) is 18.3 Å². The maximum absolute atomic E-state index is 5.33. The van der Waals surface area contributed by atoms with E-state index in [-0.39, 0.29) is 0 Å². The smallest absolute Gasteiger partial charge is 0.381 e. The lowest BCUT2D eigenvalue weighted by atomic mass is 10.8. The molecule has 0 aliphatic carbocycles. The average molecular weight is 193 g/mol. The van der Waals surface area contributed by atoms with Gasteiger partial charge in [-0.25, -0.2) is 0 Å². The van der Waals surface area contributed by atoms with Crippen molar-refractivity contribution in [1.82, 2.24) is 0 Å². The number of hydrogen-bond acceptors (Lipinski definition) is 4. The molecule has 0 rings (SSSR count). The molecule has 12 heavy (non-hydrogen) atoms. The Morgan fingerprint density at radius 2 is 1.25 bits per heavy atom. The zero-order valence-electron chi connectivity index (χ0n) is 7.96. The molecule has 0 aliphatic heterocycles. The van der Waals surface area contributed by atoms with Crippen LogP contribution in [-0.2, 0) is 18.3 Å². The van der Waals surface area contributed by atoms with Crippen molar-refractivity contribution in [2.45, 2.75) is 6.55 Å². The van der Waals surface area contributed by atoms with Crippen LogP contribution in [0.1, 0.15) is 0 Å². The van der Waals surface area contributed by atoms with Gasteiger partial charge in [0.25, 0.3) is 0 Å². The molecule has 0 amide bonds. The summed E-state index contributed by atoms with van der Waals surface area (Å²) in [6.45, 7) is 4.41. The van der Waals surface area contributed by atoms with Gasteiger partial charge in [-0.1, -0.05) is 0 Å². The van der Waals surface area contributed by atoms with Crippen molar-refractivity contribution in [2.24, 2.45) is 0 Å². The quantitative estimate of drug-likeness (QED) is 0.414. The van der Waals surface area contributed by atoms with Crippen LogP contribution in [0.5, 0.6) is 0 Å². The van der Waals surface area contributed by atoms with Gasteiger partial charge in [-0.05, 0) is 6.55 Å². The summed E-state index contributed by atoms with van der Waals surface area (Å²) in [5.41, 5.74) is 0. The summed E-state index contributed by atoms with van der Waals surface area (Å²) in [5.74, 6) is 0. The minimum absolute atomic E-state index is 0.605. The van der Waals surface area contributed by atoms with E-state index < -0.39 is 9.28 Å². The summed E-state index contributed by atoms with van der Waals surface area (Å²) < 4.78 is 20.3. The summed E-state index contributed by atoms with van der Waals surface area (Å²) in [6.07, 6.45) is 0. The van der Waals surface area contributed by atoms with Gasteiger partial charge in [-0.15, -0.1) is 0 Å². The highest BCUT2D eigenvalue weighted by molar-refractivity contribution is 6.42. The lowest BCUT2D eigenvalue weighted by molar-refractivity contribution is 0.102. The number of ether oxygens (including phenoxy) is 2. The topological polar surface area (TPSA) is 36.9 Å². The Bertz CT molecular complexity index is 81.5. The maximum atomic E-state index is 5.33. The molecule has 0 bridgehead atoms. The van der Waals surface area contributed by atoms with E-state index in [1.165, 1.54) is 0 Å². The van der Waals surface area contributed by atoms with Crippen molar-refractivity contribution in [1.29, 1.82) is 0 Å². The second kappa shape index (κ2) is 9.15. The molecule has 1 radical (unpaired) electrons. The third-order valence-corrected chi connectivity index (χ3v) is 2.41. The molecule has 0 spiro atoms. The fourth-order valence-electron chi connectivity index (χ4n) is 0.579. The third-order valence-electron chi connectivity index (χ3n) is 1.19. The van der Waals surface area contributed by atoms with E-state index in [9.17, 15) is 0 Å². The highest BCUT2D eigenvalue weighted by Crippen LogP contribution is 1.88. The van der Waals surface area contributed by atoms with E-state index >= 15 is 0 Å². The summed E-state index contributed by atoms with van der Waals surface area (Å²) in [7, 11) is 2.21. The first-order valence-corrected chi connectivity index (χ1v) is 5.70. The molecular formula is C7H17O4Si. The second-order valence-corrected chi connectivity index (χ2v) is 3.73. The molecular weight excluding hydrogens is 176 g/mol. The molecule has 0 fully saturated rings. The first-order chi connectivity index (χ1) is 5.81. The molecule has 73 valence electrons. The number of methoxy groups -OCH3 is 2. The van der Waals surface area contributed by atoms with Crippen molar-refractivity contribution in [3.63, 3.8) is 0 Å². The van der Waals surface area contributed by atoms with Gasteiger partial charge >= 0.3 is 9.28 Å². The van der Waals surface area contributed by atoms with Crippen LogP contribution < -0.4 is 0 Å². The van der Waals surface area contributed by atoms with Crippen molar-refractivity contribution in [3.05, 3.63) is 0 Å². The molecule has 0 aromatic carbocycles. The Morgan fingerprint density at radius 1 is 0.833 bits per heavy atom. The fraction of sp³-hybridized carbons (Fsp3) is 1.00. The minimum atomic E-state index is -1.09. The Hall–Kier alpha value is 0.0569. The normalized spacial score (nSPS) is 11.0. The molecule has 0 saturated carbocycles. The fourth-order valence-corrected chi connectivity index (χ4v) is 1.40. The van der Waals surface area contributed by atoms with Crippen LogP contribution in [-0.4, -0.2) is 49.9 Å². The Balaban J connectivity index is 3.04. The molecule has 0 saturated heterocycles. The van der Waals surface area contributed by atoms with Gasteiger partial charge < -0.3 is 18.3 Å². The Kier molecular flexibility index (Phi) is 9.19. The van der Waals surface area contributed by atoms with Gasteiger partial charge in [-0.2, -0.15) is 0 Å². The monoisotopic (exact) mass is 193 g/mol. The number of hydrogen-bond donors (Lipinski definition) is 0. The van der Waals surface area contributed by atoms with Crippen LogP contribution in [0, 0.1) is 0 Å². The zero-order chi connectivity index (χ0) is 9.23. The molecule has 0 atom stereocenters. The molecule has 0 aromatic heterocycles. The molecule has 0 aliphatic rings. The van der Waals surface area contributed by atoms with Crippen LogP contribution in [0.4, 0.5) is 0 Å². The van der Waals surface area contributed by atoms with E-state index in [0.29, 0.717) is 26.4 Å². The first kappa shape index (κ1) is 12.1. The van der Waals surface area contributed by atoms with Gasteiger partial charge in [0.2, 0.25) is 0 Å². The highest BCUT2D eigenvalue weighted by Gasteiger charge is 2.06. The lowest BCUT2D eigenvalue weighted by Gasteiger charge is -2.10. The summed E-state index contributed by atoms with van der Waals surface area (Å²) in [5, 5.41) is 0. The summed E-state index contributed by atoms with van der Waals surface area (Å²) >= 11 is 0. The zero-order valence-corrected chi connectivity index (χ0v) is 8.96. The van der Waals surface area contributed by atoms with Gasteiger partial charge in [0, 0.05) is 14.2 Å². The van der Waals surface area contributed by atoms with E-state index in [1.807, 2.05) is 6.55 Å². The van der Waals surface area contributed by atoms with E-state index in [2.05, 4.69) is 0 Å². The van der Waals surface area contributed by atoms with Crippen LogP contribution >= 0.6 is 0 Å². The van der Waals surface area contributed by atoms with Crippen molar-refractivity contribution >= 4 is 9.28 Å². The summed E-state index contributed by atoms with van der Waals surface area (Å²) in [6, 6.07) is 0. The predicted molar refractivity (Wildman–Crippen MR) is 47.3 cm³/mol. The van der Waals surface area contributed by atoms with Crippen LogP contribution in [0.25, 0.3) is 0 Å². The third kappa shape index (κ3) is 8.16. The molecule has 5 heteroatoms. The SMILES string of the molecule is COCCO[Si](C)OCCOC. The molecule has 0 N–H and O–H groups in total. The van der Waals surface area contributed by atoms with Crippen LogP contribution in [0.15, 0.2) is 0 Å². The minimum Gasteiger partial charge on any atom is -0.391 e. The average Bonchev–Trinajstić information content (AvgIpc) is 2.06. The Morgan fingerprint density at radius 3 is 1.58 bits per heavy atom. The molecule has 4 nitrogen and oxygen atoms in total. The Labute approximate surface area is 75.6 Å². The van der Waals surface area contributed by atoms with Gasteiger partial charge in [0.1, 0.15) is 0 Å². The first-order valence-electron chi connectivity index (χ1n) is 3.88. The molecule has 0 heterocycles. The lowest BCUT2D eigenvalue weighted by Crippen LogP contribution is -2.22. The largest absolute Gasteiger partial charge is 0.391 e. The maximum Gasteiger partial charge on any atom is 0.381 e. The van der Waals surface area contributed by atoms with Crippen molar-refractivity contribution in [2.75, 3.05) is 40.6 Å². The van der Waals surface area contributed by atoms with Gasteiger partial charge in [0.15, 0.2) is 0 Å². The molecule has 0 unspecified atom stereocenters. The van der Waals surface area contributed by atoms with E-state index in [0.717, 1.165) is 0 Å². The van der Waals surface area contributed by atoms with Crippen LogP contribution in [0.2, 0.25) is 6.55 Å². The number of rotatable bonds is 8. The van der Waals surface area contributed by atoms with Gasteiger partial charge in [-0.3, -0.25) is 0 Å². The predicted octanol–water partition coefficient (Wildman–Crippen LogP) is 0.430. The molecule has 0 aromatic rings. The van der Waals surface area contributed by atoms with Crippen LogP contribution in [0.3, 0.4) is 0 Å². The highest BCUT2D eigenvalue weighted by atomic mass is 28.3. The van der Waals surface area contributed by atoms with Crippen molar-refractivity contribution in [3.8, 4) is 0 Å². The summed E-state index contributed by atoms with van der Waals surface area (Å²) in [4.78, 5) is 0. The second-order valence-electron chi connectivity index (χ2n) is 2.17.